The highest BCUT2D eigenvalue weighted by Gasteiger charge is 2.14. The van der Waals surface area contributed by atoms with Crippen molar-refractivity contribution in [2.24, 2.45) is 5.92 Å². The Labute approximate surface area is 214 Å². The van der Waals surface area contributed by atoms with Crippen molar-refractivity contribution in [1.29, 1.82) is 0 Å². The van der Waals surface area contributed by atoms with E-state index < -0.39 is 0 Å². The van der Waals surface area contributed by atoms with E-state index in [0.717, 1.165) is 36.4 Å². The second-order valence-corrected chi connectivity index (χ2v) is 10.5. The van der Waals surface area contributed by atoms with Crippen LogP contribution in [0.4, 0.5) is 0 Å². The van der Waals surface area contributed by atoms with Gasteiger partial charge in [0.2, 0.25) is 0 Å². The van der Waals surface area contributed by atoms with Crippen molar-refractivity contribution >= 4 is 5.97 Å². The van der Waals surface area contributed by atoms with Crippen LogP contribution in [0.2, 0.25) is 0 Å². The molecule has 0 unspecified atom stereocenters. The van der Waals surface area contributed by atoms with Gasteiger partial charge in [-0.2, -0.15) is 0 Å². The van der Waals surface area contributed by atoms with Crippen molar-refractivity contribution in [1.82, 2.24) is 4.98 Å². The van der Waals surface area contributed by atoms with Crippen molar-refractivity contribution in [2.75, 3.05) is 6.61 Å². The van der Waals surface area contributed by atoms with E-state index in [1.165, 1.54) is 95.5 Å². The van der Waals surface area contributed by atoms with Gasteiger partial charge in [-0.3, -0.25) is 4.98 Å². The van der Waals surface area contributed by atoms with Gasteiger partial charge >= 0.3 is 5.97 Å². The summed E-state index contributed by atoms with van der Waals surface area (Å²) in [6.45, 7) is 2.78. The summed E-state index contributed by atoms with van der Waals surface area (Å²) in [5, 5.41) is 0. The number of benzene rings is 1. The molecule has 0 atom stereocenters. The molecular weight excluding hydrogens is 430 g/mol. The van der Waals surface area contributed by atoms with Crippen LogP contribution in [0.1, 0.15) is 126 Å². The minimum Gasteiger partial charge on any atom is -0.462 e. The number of hydrogen-bond donors (Lipinski definition) is 0. The lowest BCUT2D eigenvalue weighted by Crippen LogP contribution is -2.06. The first-order valence-corrected chi connectivity index (χ1v) is 14.5. The summed E-state index contributed by atoms with van der Waals surface area (Å²) in [6.07, 6.45) is 24.3. The molecule has 0 spiro atoms. The Morgan fingerprint density at radius 3 is 2.23 bits per heavy atom. The number of ether oxygens (including phenoxy) is 1. The van der Waals surface area contributed by atoms with E-state index in [9.17, 15) is 4.79 Å². The zero-order valence-corrected chi connectivity index (χ0v) is 22.1. The van der Waals surface area contributed by atoms with Crippen molar-refractivity contribution in [2.45, 2.75) is 116 Å². The number of carbonyl (C=O) groups excluding carboxylic acids is 1. The molecule has 192 valence electrons. The molecule has 1 saturated carbocycles. The Hall–Kier alpha value is -2.16. The maximum atomic E-state index is 12.4. The molecule has 3 heteroatoms. The summed E-state index contributed by atoms with van der Waals surface area (Å²) < 4.78 is 5.49. The predicted molar refractivity (Wildman–Crippen MR) is 147 cm³/mol. The number of hydrogen-bond acceptors (Lipinski definition) is 3. The van der Waals surface area contributed by atoms with Gasteiger partial charge in [-0.25, -0.2) is 4.79 Å². The number of nitrogens with zero attached hydrogens (tertiary/aromatic N) is 1. The van der Waals surface area contributed by atoms with Gasteiger partial charge in [0.25, 0.3) is 0 Å². The number of carbonyl (C=O) groups is 1. The highest BCUT2D eigenvalue weighted by molar-refractivity contribution is 5.90. The van der Waals surface area contributed by atoms with Gasteiger partial charge in [-0.1, -0.05) is 115 Å². The molecule has 1 aromatic carbocycles. The Morgan fingerprint density at radius 2 is 1.51 bits per heavy atom. The Bertz CT molecular complexity index is 822. The average Bonchev–Trinajstić information content (AvgIpc) is 3.41. The first-order chi connectivity index (χ1) is 17.3. The van der Waals surface area contributed by atoms with Crippen LogP contribution in [-0.2, 0) is 11.2 Å². The summed E-state index contributed by atoms with van der Waals surface area (Å²) in [4.78, 5) is 17.0. The molecule has 3 rings (SSSR count). The van der Waals surface area contributed by atoms with Gasteiger partial charge in [0.1, 0.15) is 0 Å². The van der Waals surface area contributed by atoms with Crippen LogP contribution in [-0.4, -0.2) is 17.6 Å². The minimum absolute atomic E-state index is 0.222. The third-order valence-electron chi connectivity index (χ3n) is 7.52. The highest BCUT2D eigenvalue weighted by atomic mass is 16.5. The van der Waals surface area contributed by atoms with Crippen LogP contribution in [0, 0.1) is 5.92 Å². The van der Waals surface area contributed by atoms with E-state index in [1.807, 2.05) is 30.5 Å². The van der Waals surface area contributed by atoms with E-state index in [1.54, 1.807) is 0 Å². The molecule has 1 aliphatic rings. The Kier molecular flexibility index (Phi) is 12.9. The van der Waals surface area contributed by atoms with Gasteiger partial charge < -0.3 is 4.74 Å². The van der Waals surface area contributed by atoms with Crippen molar-refractivity contribution < 1.29 is 9.53 Å². The highest BCUT2D eigenvalue weighted by Crippen LogP contribution is 2.29. The molecule has 2 aromatic rings. The van der Waals surface area contributed by atoms with Gasteiger partial charge in [-0.15, -0.1) is 0 Å². The van der Waals surface area contributed by atoms with Gasteiger partial charge in [0.05, 0.1) is 17.9 Å². The molecule has 1 heterocycles. The number of aryl methyl sites for hydroxylation is 1. The summed E-state index contributed by atoms with van der Waals surface area (Å²) in [5.41, 5.74) is 3.91. The molecule has 1 aliphatic carbocycles. The molecule has 0 saturated heterocycles. The van der Waals surface area contributed by atoms with E-state index in [0.29, 0.717) is 12.2 Å². The van der Waals surface area contributed by atoms with Gasteiger partial charge in [0, 0.05) is 11.8 Å². The lowest BCUT2D eigenvalue weighted by atomic mass is 9.99. The maximum Gasteiger partial charge on any atom is 0.338 e. The molecule has 0 N–H and O–H groups in total. The van der Waals surface area contributed by atoms with Crippen LogP contribution in [0.5, 0.6) is 0 Å². The molecule has 3 nitrogen and oxygen atoms in total. The van der Waals surface area contributed by atoms with Crippen LogP contribution in [0.3, 0.4) is 0 Å². The third-order valence-corrected chi connectivity index (χ3v) is 7.52. The molecule has 0 amide bonds. The van der Waals surface area contributed by atoms with E-state index in [4.69, 9.17) is 4.74 Å². The molecular formula is C32H47NO2. The zero-order valence-electron chi connectivity index (χ0n) is 22.1. The van der Waals surface area contributed by atoms with Crippen LogP contribution < -0.4 is 0 Å². The molecule has 0 radical (unpaired) electrons. The normalized spacial score (nSPS) is 13.9. The topological polar surface area (TPSA) is 39.2 Å². The second kappa shape index (κ2) is 16.5. The number of esters is 1. The van der Waals surface area contributed by atoms with Crippen LogP contribution in [0.25, 0.3) is 11.3 Å². The Balaban J connectivity index is 1.30. The fraction of sp³-hybridized carbons (Fsp3) is 0.625. The minimum atomic E-state index is -0.222. The lowest BCUT2D eigenvalue weighted by molar-refractivity contribution is 0.0497. The Morgan fingerprint density at radius 1 is 0.829 bits per heavy atom. The van der Waals surface area contributed by atoms with Crippen molar-refractivity contribution in [3.05, 3.63) is 53.7 Å². The van der Waals surface area contributed by atoms with Crippen LogP contribution >= 0.6 is 0 Å². The molecule has 0 aliphatic heterocycles. The van der Waals surface area contributed by atoms with Crippen molar-refractivity contribution in [3.8, 4) is 11.3 Å². The standard InChI is InChI=1S/C32H47NO2/c1-2-3-4-5-6-7-11-18-28-19-24-31(33-26-28)29-20-22-30(23-21-29)32(34)35-25-14-9-8-10-15-27-16-12-13-17-27/h19-24,26-27H,2-18,25H2,1H3. The number of unbranched alkanes of at least 4 members (excludes halogenated alkanes) is 9. The zero-order chi connectivity index (χ0) is 24.6. The first-order valence-electron chi connectivity index (χ1n) is 14.5. The molecule has 0 bridgehead atoms. The quantitative estimate of drug-likeness (QED) is 0.168. The average molecular weight is 478 g/mol. The van der Waals surface area contributed by atoms with Gasteiger partial charge in [0.15, 0.2) is 0 Å². The smallest absolute Gasteiger partial charge is 0.338 e. The van der Waals surface area contributed by atoms with Crippen molar-refractivity contribution in [3.63, 3.8) is 0 Å². The largest absolute Gasteiger partial charge is 0.462 e. The molecule has 1 aromatic heterocycles. The summed E-state index contributed by atoms with van der Waals surface area (Å²) in [5.74, 6) is 0.763. The number of pyridine rings is 1. The van der Waals surface area contributed by atoms with E-state index >= 15 is 0 Å². The van der Waals surface area contributed by atoms with E-state index in [-0.39, 0.29) is 5.97 Å². The predicted octanol–water partition coefficient (Wildman–Crippen LogP) is 9.34. The van der Waals surface area contributed by atoms with Gasteiger partial charge in [-0.05, 0) is 48.9 Å². The second-order valence-electron chi connectivity index (χ2n) is 10.5. The first kappa shape index (κ1) is 27.4. The third kappa shape index (κ3) is 10.5. The summed E-state index contributed by atoms with van der Waals surface area (Å²) in [7, 11) is 0. The van der Waals surface area contributed by atoms with E-state index in [2.05, 4.69) is 24.0 Å². The fourth-order valence-electron chi connectivity index (χ4n) is 5.24. The summed E-state index contributed by atoms with van der Waals surface area (Å²) in [6, 6.07) is 11.9. The SMILES string of the molecule is CCCCCCCCCc1ccc(-c2ccc(C(=O)OCCCCCCC3CCCC3)cc2)nc1. The maximum absolute atomic E-state index is 12.4. The fourth-order valence-corrected chi connectivity index (χ4v) is 5.24. The van der Waals surface area contributed by atoms with Crippen LogP contribution in [0.15, 0.2) is 42.6 Å². The number of aromatic nitrogens is 1. The molecule has 1 fully saturated rings. The monoisotopic (exact) mass is 477 g/mol. The number of rotatable bonds is 17. The molecule has 35 heavy (non-hydrogen) atoms. The summed E-state index contributed by atoms with van der Waals surface area (Å²) >= 11 is 0. The lowest BCUT2D eigenvalue weighted by Gasteiger charge is -2.08.